The second-order valence-corrected chi connectivity index (χ2v) is 5.47. The molecule has 0 aliphatic carbocycles. The molecule has 0 spiro atoms. The number of carbonyl (C=O) groups excluding carboxylic acids is 1. The van der Waals surface area contributed by atoms with E-state index in [1.165, 1.54) is 36.8 Å². The van der Waals surface area contributed by atoms with E-state index >= 15 is 0 Å². The van der Waals surface area contributed by atoms with E-state index in [4.69, 9.17) is 11.6 Å². The van der Waals surface area contributed by atoms with E-state index in [1.807, 2.05) is 0 Å². The van der Waals surface area contributed by atoms with Crippen molar-refractivity contribution in [1.29, 1.82) is 0 Å². The maximum absolute atomic E-state index is 13.6. The largest absolute Gasteiger partial charge is 0.505 e. The minimum atomic E-state index is -0.564. The van der Waals surface area contributed by atoms with E-state index in [0.717, 1.165) is 0 Å². The summed E-state index contributed by atoms with van der Waals surface area (Å²) in [7, 11) is 0. The topological polar surface area (TPSA) is 100 Å². The Balaban J connectivity index is 1.63. The molecule has 0 aliphatic heterocycles. The molecule has 25 heavy (non-hydrogen) atoms. The Morgan fingerprint density at radius 3 is 2.88 bits per heavy atom. The summed E-state index contributed by atoms with van der Waals surface area (Å²) in [4.78, 5) is 23.8. The SMILES string of the molecule is O=C(NCCNc1ncnc2cc(Cl)c(F)cc12)c1ncccc1O. The Kier molecular flexibility index (Phi) is 4.90. The molecule has 0 saturated carbocycles. The number of nitrogens with one attached hydrogen (secondary N) is 2. The van der Waals surface area contributed by atoms with Crippen LogP contribution in [0.3, 0.4) is 0 Å². The maximum atomic E-state index is 13.6. The molecule has 7 nitrogen and oxygen atoms in total. The third-order valence-corrected chi connectivity index (χ3v) is 3.67. The highest BCUT2D eigenvalue weighted by Gasteiger charge is 2.12. The number of aromatic nitrogens is 3. The van der Waals surface area contributed by atoms with Crippen LogP contribution in [0.25, 0.3) is 10.9 Å². The first-order valence-electron chi connectivity index (χ1n) is 7.32. The number of carbonyl (C=O) groups is 1. The molecule has 2 aromatic heterocycles. The number of amides is 1. The van der Waals surface area contributed by atoms with Crippen molar-refractivity contribution in [3.8, 4) is 5.75 Å². The molecule has 0 bridgehead atoms. The lowest BCUT2D eigenvalue weighted by Crippen LogP contribution is -2.29. The van der Waals surface area contributed by atoms with Crippen molar-refractivity contribution in [3.05, 3.63) is 53.3 Å². The number of hydrogen-bond donors (Lipinski definition) is 3. The van der Waals surface area contributed by atoms with Crippen molar-refractivity contribution >= 4 is 34.2 Å². The van der Waals surface area contributed by atoms with Gasteiger partial charge < -0.3 is 15.7 Å². The first-order valence-corrected chi connectivity index (χ1v) is 7.70. The summed E-state index contributed by atoms with van der Waals surface area (Å²) < 4.78 is 13.6. The zero-order valence-electron chi connectivity index (χ0n) is 12.8. The predicted octanol–water partition coefficient (Wildman–Crippen LogP) is 2.36. The molecule has 128 valence electrons. The summed E-state index contributed by atoms with van der Waals surface area (Å²) in [5.41, 5.74) is 0.457. The summed E-state index contributed by atoms with van der Waals surface area (Å²) in [5, 5.41) is 15.7. The van der Waals surface area contributed by atoms with Crippen LogP contribution in [0.2, 0.25) is 5.02 Å². The molecule has 2 heterocycles. The van der Waals surface area contributed by atoms with Crippen molar-refractivity contribution in [1.82, 2.24) is 20.3 Å². The Morgan fingerprint density at radius 2 is 2.08 bits per heavy atom. The van der Waals surface area contributed by atoms with Gasteiger partial charge in [-0.25, -0.2) is 19.3 Å². The number of pyridine rings is 1. The Hall–Kier alpha value is -3.00. The summed E-state index contributed by atoms with van der Waals surface area (Å²) >= 11 is 5.74. The number of benzene rings is 1. The molecule has 0 saturated heterocycles. The monoisotopic (exact) mass is 361 g/mol. The first-order chi connectivity index (χ1) is 12.1. The molecular formula is C16H13ClFN5O2. The van der Waals surface area contributed by atoms with Gasteiger partial charge in [-0.3, -0.25) is 4.79 Å². The molecule has 3 N–H and O–H groups in total. The van der Waals surface area contributed by atoms with Gasteiger partial charge in [0, 0.05) is 24.7 Å². The van der Waals surface area contributed by atoms with Crippen molar-refractivity contribution < 1.29 is 14.3 Å². The molecule has 1 amide bonds. The molecule has 0 radical (unpaired) electrons. The number of hydrogen-bond acceptors (Lipinski definition) is 6. The van der Waals surface area contributed by atoms with Crippen LogP contribution >= 0.6 is 11.6 Å². The second kappa shape index (κ2) is 7.27. The van der Waals surface area contributed by atoms with Gasteiger partial charge in [0.05, 0.1) is 10.5 Å². The van der Waals surface area contributed by atoms with Gasteiger partial charge in [0.1, 0.15) is 23.7 Å². The fourth-order valence-corrected chi connectivity index (χ4v) is 2.36. The Morgan fingerprint density at radius 1 is 1.24 bits per heavy atom. The fraction of sp³-hybridized carbons (Fsp3) is 0.125. The van der Waals surface area contributed by atoms with E-state index in [2.05, 4.69) is 25.6 Å². The molecule has 9 heteroatoms. The lowest BCUT2D eigenvalue weighted by Gasteiger charge is -2.10. The third-order valence-electron chi connectivity index (χ3n) is 3.38. The van der Waals surface area contributed by atoms with E-state index in [1.54, 1.807) is 0 Å². The van der Waals surface area contributed by atoms with Gasteiger partial charge in [-0.1, -0.05) is 11.6 Å². The number of nitrogens with zero attached hydrogens (tertiary/aromatic N) is 3. The van der Waals surface area contributed by atoms with Crippen molar-refractivity contribution in [2.75, 3.05) is 18.4 Å². The fourth-order valence-electron chi connectivity index (χ4n) is 2.20. The van der Waals surface area contributed by atoms with Crippen LogP contribution in [0.1, 0.15) is 10.5 Å². The van der Waals surface area contributed by atoms with Gasteiger partial charge in [-0.05, 0) is 24.3 Å². The molecular weight excluding hydrogens is 349 g/mol. The third kappa shape index (κ3) is 3.74. The van der Waals surface area contributed by atoms with Crippen molar-refractivity contribution in [2.24, 2.45) is 0 Å². The average molecular weight is 362 g/mol. The van der Waals surface area contributed by atoms with Crippen LogP contribution in [0, 0.1) is 5.82 Å². The highest BCUT2D eigenvalue weighted by Crippen LogP contribution is 2.25. The molecule has 0 unspecified atom stereocenters. The molecule has 3 aromatic rings. The molecule has 1 aromatic carbocycles. The van der Waals surface area contributed by atoms with E-state index < -0.39 is 11.7 Å². The number of halogens is 2. The van der Waals surface area contributed by atoms with E-state index in [9.17, 15) is 14.3 Å². The number of fused-ring (bicyclic) bond motifs is 1. The smallest absolute Gasteiger partial charge is 0.273 e. The average Bonchev–Trinajstić information content (AvgIpc) is 2.60. The van der Waals surface area contributed by atoms with E-state index in [-0.39, 0.29) is 23.0 Å². The van der Waals surface area contributed by atoms with Gasteiger partial charge >= 0.3 is 0 Å². The lowest BCUT2D eigenvalue weighted by atomic mass is 10.2. The standard InChI is InChI=1S/C16H13ClFN5O2/c17-10-7-12-9(6-11(10)18)15(23-8-22-12)20-4-5-21-16(25)14-13(24)2-1-3-19-14/h1-3,6-8,24H,4-5H2,(H,21,25)(H,20,22,23). The van der Waals surface area contributed by atoms with Crippen molar-refractivity contribution in [2.45, 2.75) is 0 Å². The summed E-state index contributed by atoms with van der Waals surface area (Å²) in [5.74, 6) is -0.825. The molecule has 0 aliphatic rings. The van der Waals surface area contributed by atoms with Crippen LogP contribution in [0.5, 0.6) is 5.75 Å². The number of rotatable bonds is 5. The predicted molar refractivity (Wildman–Crippen MR) is 91.2 cm³/mol. The normalized spacial score (nSPS) is 10.6. The minimum Gasteiger partial charge on any atom is -0.505 e. The molecule has 0 atom stereocenters. The number of anilines is 1. The molecule has 3 rings (SSSR count). The van der Waals surface area contributed by atoms with Gasteiger partial charge in [0.2, 0.25) is 0 Å². The van der Waals surface area contributed by atoms with Gasteiger partial charge in [-0.15, -0.1) is 0 Å². The summed E-state index contributed by atoms with van der Waals surface area (Å²) in [6.45, 7) is 0.576. The summed E-state index contributed by atoms with van der Waals surface area (Å²) in [6, 6.07) is 5.58. The second-order valence-electron chi connectivity index (χ2n) is 5.06. The number of aromatic hydroxyl groups is 1. The van der Waals surface area contributed by atoms with Crippen LogP contribution in [-0.4, -0.2) is 39.1 Å². The maximum Gasteiger partial charge on any atom is 0.273 e. The Bertz CT molecular complexity index is 938. The lowest BCUT2D eigenvalue weighted by molar-refractivity contribution is 0.0947. The minimum absolute atomic E-state index is 0.0143. The zero-order chi connectivity index (χ0) is 17.8. The Labute approximate surface area is 146 Å². The van der Waals surface area contributed by atoms with Gasteiger partial charge in [0.15, 0.2) is 5.69 Å². The molecule has 0 fully saturated rings. The van der Waals surface area contributed by atoms with Crippen molar-refractivity contribution in [3.63, 3.8) is 0 Å². The highest BCUT2D eigenvalue weighted by molar-refractivity contribution is 6.31. The van der Waals surface area contributed by atoms with Gasteiger partial charge in [-0.2, -0.15) is 0 Å². The van der Waals surface area contributed by atoms with Gasteiger partial charge in [0.25, 0.3) is 5.91 Å². The zero-order valence-corrected chi connectivity index (χ0v) is 13.6. The van der Waals surface area contributed by atoms with E-state index in [0.29, 0.717) is 23.3 Å². The van der Waals surface area contributed by atoms with Crippen LogP contribution < -0.4 is 10.6 Å². The quantitative estimate of drug-likeness (QED) is 0.603. The highest BCUT2D eigenvalue weighted by atomic mass is 35.5. The summed E-state index contributed by atoms with van der Waals surface area (Å²) in [6.07, 6.45) is 2.75. The first kappa shape index (κ1) is 16.8. The van der Waals surface area contributed by atoms with Crippen LogP contribution in [0.4, 0.5) is 10.2 Å². The van der Waals surface area contributed by atoms with Crippen LogP contribution in [0.15, 0.2) is 36.8 Å². The van der Waals surface area contributed by atoms with Crippen LogP contribution in [-0.2, 0) is 0 Å².